The van der Waals surface area contributed by atoms with Crippen molar-refractivity contribution in [3.8, 4) is 0 Å². The van der Waals surface area contributed by atoms with E-state index in [0.29, 0.717) is 6.42 Å². The van der Waals surface area contributed by atoms with Gasteiger partial charge in [-0.3, -0.25) is 0 Å². The van der Waals surface area contributed by atoms with Crippen molar-refractivity contribution >= 4 is 6.29 Å². The predicted molar refractivity (Wildman–Crippen MR) is 101 cm³/mol. The van der Waals surface area contributed by atoms with E-state index in [1.165, 1.54) is 84.5 Å². The van der Waals surface area contributed by atoms with E-state index >= 15 is 0 Å². The van der Waals surface area contributed by atoms with Crippen molar-refractivity contribution in [2.24, 2.45) is 11.3 Å². The standard InChI is InChI=1S/C17H33N3.C3H6O/c1-3-8-19-9-4-16(5-10-19)13-20-11-6-17(7-12-20)14-18(2)15-17;1-2-3-4/h16H,3-15H2,1-2H3;3H,2H2,1H3. The van der Waals surface area contributed by atoms with Crippen LogP contribution in [-0.4, -0.2) is 80.4 Å². The van der Waals surface area contributed by atoms with Crippen LogP contribution in [0, 0.1) is 11.3 Å². The van der Waals surface area contributed by atoms with Gasteiger partial charge in [0.2, 0.25) is 0 Å². The molecule has 3 heterocycles. The Labute approximate surface area is 149 Å². The zero-order valence-electron chi connectivity index (χ0n) is 16.3. The highest BCUT2D eigenvalue weighted by atomic mass is 16.1. The molecule has 4 nitrogen and oxygen atoms in total. The lowest BCUT2D eigenvalue weighted by atomic mass is 9.72. The predicted octanol–water partition coefficient (Wildman–Crippen LogP) is 2.73. The molecular formula is C20H39N3O. The normalized spacial score (nSPS) is 25.8. The van der Waals surface area contributed by atoms with Crippen LogP contribution >= 0.6 is 0 Å². The SMILES string of the molecule is CCC=O.CCCN1CCC(CN2CCC3(CC2)CN(C)C3)CC1. The summed E-state index contributed by atoms with van der Waals surface area (Å²) in [7, 11) is 2.27. The first-order valence-electron chi connectivity index (χ1n) is 10.2. The first kappa shape index (κ1) is 19.9. The number of aldehydes is 1. The highest BCUT2D eigenvalue weighted by Crippen LogP contribution is 2.39. The van der Waals surface area contributed by atoms with Crippen molar-refractivity contribution in [3.05, 3.63) is 0 Å². The van der Waals surface area contributed by atoms with E-state index in [2.05, 4.69) is 28.7 Å². The van der Waals surface area contributed by atoms with Crippen LogP contribution in [0.15, 0.2) is 0 Å². The van der Waals surface area contributed by atoms with Gasteiger partial charge < -0.3 is 19.5 Å². The van der Waals surface area contributed by atoms with E-state index in [-0.39, 0.29) is 0 Å². The first-order chi connectivity index (χ1) is 11.6. The molecule has 0 amide bonds. The maximum absolute atomic E-state index is 9.17. The number of rotatable bonds is 5. The second-order valence-electron chi connectivity index (χ2n) is 8.33. The molecule has 0 atom stereocenters. The van der Waals surface area contributed by atoms with Crippen molar-refractivity contribution < 1.29 is 4.79 Å². The fourth-order valence-electron chi connectivity index (χ4n) is 4.70. The molecule has 0 radical (unpaired) electrons. The van der Waals surface area contributed by atoms with E-state index in [0.717, 1.165) is 17.6 Å². The molecule has 3 aliphatic rings. The largest absolute Gasteiger partial charge is 0.305 e. The zero-order chi connectivity index (χ0) is 17.4. The fraction of sp³-hybridized carbons (Fsp3) is 0.950. The van der Waals surface area contributed by atoms with Gasteiger partial charge in [0.1, 0.15) is 6.29 Å². The van der Waals surface area contributed by atoms with Crippen molar-refractivity contribution in [1.82, 2.24) is 14.7 Å². The summed E-state index contributed by atoms with van der Waals surface area (Å²) < 4.78 is 0. The van der Waals surface area contributed by atoms with Gasteiger partial charge in [0.15, 0.2) is 0 Å². The Morgan fingerprint density at radius 1 is 1.00 bits per heavy atom. The monoisotopic (exact) mass is 337 g/mol. The molecule has 0 aromatic rings. The van der Waals surface area contributed by atoms with E-state index < -0.39 is 0 Å². The highest BCUT2D eigenvalue weighted by Gasteiger charge is 2.43. The third-order valence-corrected chi connectivity index (χ3v) is 6.06. The van der Waals surface area contributed by atoms with E-state index in [4.69, 9.17) is 0 Å². The molecule has 24 heavy (non-hydrogen) atoms. The Kier molecular flexibility index (Phi) is 8.18. The molecular weight excluding hydrogens is 298 g/mol. The number of hydrogen-bond acceptors (Lipinski definition) is 4. The Bertz CT molecular complexity index is 350. The topological polar surface area (TPSA) is 26.8 Å². The van der Waals surface area contributed by atoms with Crippen LogP contribution in [0.5, 0.6) is 0 Å². The minimum absolute atomic E-state index is 0.639. The molecule has 0 aromatic heterocycles. The van der Waals surface area contributed by atoms with Gasteiger partial charge in [-0.05, 0) is 83.2 Å². The average Bonchev–Trinajstić information content (AvgIpc) is 2.58. The summed E-state index contributed by atoms with van der Waals surface area (Å²) in [5.74, 6) is 0.973. The van der Waals surface area contributed by atoms with Gasteiger partial charge in [-0.25, -0.2) is 0 Å². The lowest BCUT2D eigenvalue weighted by molar-refractivity contribution is -0.107. The van der Waals surface area contributed by atoms with Crippen molar-refractivity contribution in [2.45, 2.75) is 52.4 Å². The van der Waals surface area contributed by atoms with Crippen LogP contribution in [0.1, 0.15) is 52.4 Å². The molecule has 0 aliphatic carbocycles. The number of carbonyl (C=O) groups excluding carboxylic acids is 1. The van der Waals surface area contributed by atoms with Crippen molar-refractivity contribution in [3.63, 3.8) is 0 Å². The molecule has 3 rings (SSSR count). The number of carbonyl (C=O) groups is 1. The summed E-state index contributed by atoms with van der Waals surface area (Å²) in [6.07, 6.45) is 8.60. The number of nitrogens with zero attached hydrogens (tertiary/aromatic N) is 3. The summed E-state index contributed by atoms with van der Waals surface area (Å²) in [4.78, 5) is 17.1. The van der Waals surface area contributed by atoms with Crippen LogP contribution in [0.4, 0.5) is 0 Å². The van der Waals surface area contributed by atoms with Crippen LogP contribution in [-0.2, 0) is 4.79 Å². The second kappa shape index (κ2) is 9.88. The molecule has 140 valence electrons. The molecule has 0 bridgehead atoms. The maximum atomic E-state index is 9.17. The van der Waals surface area contributed by atoms with Gasteiger partial charge in [0.25, 0.3) is 0 Å². The molecule has 1 spiro atoms. The maximum Gasteiger partial charge on any atom is 0.119 e. The zero-order valence-corrected chi connectivity index (χ0v) is 16.3. The average molecular weight is 338 g/mol. The first-order valence-corrected chi connectivity index (χ1v) is 10.2. The molecule has 3 fully saturated rings. The molecule has 0 N–H and O–H groups in total. The molecule has 0 aromatic carbocycles. The van der Waals surface area contributed by atoms with Gasteiger partial charge >= 0.3 is 0 Å². The van der Waals surface area contributed by atoms with Crippen LogP contribution in [0.2, 0.25) is 0 Å². The Morgan fingerprint density at radius 2 is 1.58 bits per heavy atom. The summed E-state index contributed by atoms with van der Waals surface area (Å²) in [6.45, 7) is 14.9. The van der Waals surface area contributed by atoms with Crippen LogP contribution < -0.4 is 0 Å². The molecule has 3 saturated heterocycles. The number of hydrogen-bond donors (Lipinski definition) is 0. The summed E-state index contributed by atoms with van der Waals surface area (Å²) in [5.41, 5.74) is 0.718. The Balaban J connectivity index is 0.000000471. The van der Waals surface area contributed by atoms with E-state index in [1.807, 2.05) is 6.92 Å². The lowest BCUT2D eigenvalue weighted by Gasteiger charge is -2.53. The van der Waals surface area contributed by atoms with Crippen LogP contribution in [0.25, 0.3) is 0 Å². The Hall–Kier alpha value is -0.450. The second-order valence-corrected chi connectivity index (χ2v) is 8.33. The summed E-state index contributed by atoms with van der Waals surface area (Å²) in [5, 5.41) is 0. The summed E-state index contributed by atoms with van der Waals surface area (Å²) in [6, 6.07) is 0. The quantitative estimate of drug-likeness (QED) is 0.721. The Morgan fingerprint density at radius 3 is 2.04 bits per heavy atom. The van der Waals surface area contributed by atoms with Gasteiger partial charge in [-0.1, -0.05) is 13.8 Å². The van der Waals surface area contributed by atoms with Crippen LogP contribution in [0.3, 0.4) is 0 Å². The molecule has 3 aliphatic heterocycles. The summed E-state index contributed by atoms with van der Waals surface area (Å²) >= 11 is 0. The number of piperidine rings is 2. The van der Waals surface area contributed by atoms with E-state index in [9.17, 15) is 4.79 Å². The fourth-order valence-corrected chi connectivity index (χ4v) is 4.70. The molecule has 0 saturated carbocycles. The van der Waals surface area contributed by atoms with Gasteiger partial charge in [0.05, 0.1) is 0 Å². The van der Waals surface area contributed by atoms with Gasteiger partial charge in [-0.2, -0.15) is 0 Å². The van der Waals surface area contributed by atoms with Gasteiger partial charge in [-0.15, -0.1) is 0 Å². The smallest absolute Gasteiger partial charge is 0.119 e. The third-order valence-electron chi connectivity index (χ3n) is 6.06. The minimum atomic E-state index is 0.639. The van der Waals surface area contributed by atoms with Crippen molar-refractivity contribution in [2.75, 3.05) is 59.4 Å². The van der Waals surface area contributed by atoms with E-state index in [1.54, 1.807) is 0 Å². The number of likely N-dealkylation sites (tertiary alicyclic amines) is 3. The molecule has 0 unspecified atom stereocenters. The molecule has 4 heteroatoms. The minimum Gasteiger partial charge on any atom is -0.305 e. The van der Waals surface area contributed by atoms with Crippen molar-refractivity contribution in [1.29, 1.82) is 0 Å². The van der Waals surface area contributed by atoms with Gasteiger partial charge in [0, 0.05) is 26.1 Å². The lowest BCUT2D eigenvalue weighted by Crippen LogP contribution is -2.59. The third kappa shape index (κ3) is 5.82. The highest BCUT2D eigenvalue weighted by molar-refractivity contribution is 5.48.